The van der Waals surface area contributed by atoms with Gasteiger partial charge in [-0.15, -0.1) is 10.2 Å². The summed E-state index contributed by atoms with van der Waals surface area (Å²) in [4.78, 5) is 12.3. The van der Waals surface area contributed by atoms with Gasteiger partial charge in [0.05, 0.1) is 16.9 Å². The lowest BCUT2D eigenvalue weighted by molar-refractivity contribution is -0.119. The Morgan fingerprint density at radius 3 is 2.78 bits per heavy atom. The van der Waals surface area contributed by atoms with Crippen molar-refractivity contribution in [1.29, 1.82) is 0 Å². The second-order valence-electron chi connectivity index (χ2n) is 7.17. The monoisotopic (exact) mass is 392 g/mol. The highest BCUT2D eigenvalue weighted by Gasteiger charge is 2.40. The van der Waals surface area contributed by atoms with Crippen molar-refractivity contribution in [3.63, 3.8) is 0 Å². The molecule has 1 atom stereocenters. The number of fused-ring (bicyclic) bond motifs is 1. The van der Waals surface area contributed by atoms with Gasteiger partial charge in [0.15, 0.2) is 0 Å². The first-order valence-corrected chi connectivity index (χ1v) is 10.0. The second kappa shape index (κ2) is 6.11. The minimum absolute atomic E-state index is 0.0849. The summed E-state index contributed by atoms with van der Waals surface area (Å²) in [7, 11) is -3.76. The van der Waals surface area contributed by atoms with Crippen LogP contribution in [0.25, 0.3) is 0 Å². The molecule has 1 saturated heterocycles. The Kier molecular flexibility index (Phi) is 4.09. The number of morpholine rings is 1. The number of hydrogen-bond donors (Lipinski definition) is 1. The van der Waals surface area contributed by atoms with Crippen LogP contribution in [0.2, 0.25) is 0 Å². The SMILES string of the molecule is Cc1nnc([C@@H]2CN(S(=O)(=O)c3ccc4c(c3)C(C)(C)C(=O)N4)CCO2)o1. The Bertz CT molecular complexity index is 1010. The molecule has 1 aromatic heterocycles. The highest BCUT2D eigenvalue weighted by molar-refractivity contribution is 7.89. The number of nitrogens with zero attached hydrogens (tertiary/aromatic N) is 3. The lowest BCUT2D eigenvalue weighted by Crippen LogP contribution is -2.42. The molecule has 0 aliphatic carbocycles. The topological polar surface area (TPSA) is 115 Å². The second-order valence-corrected chi connectivity index (χ2v) is 9.11. The summed E-state index contributed by atoms with van der Waals surface area (Å²) in [6.45, 7) is 5.74. The molecule has 0 unspecified atom stereocenters. The van der Waals surface area contributed by atoms with Gasteiger partial charge in [-0.1, -0.05) is 0 Å². The standard InChI is InChI=1S/C17H20N4O5S/c1-10-19-20-15(26-10)14-9-21(6-7-25-14)27(23,24)11-4-5-13-12(8-11)17(2,3)16(22)18-13/h4-5,8,14H,6-7,9H2,1-3H3,(H,18,22)/t14-/m0/s1. The quantitative estimate of drug-likeness (QED) is 0.839. The number of carbonyl (C=O) groups is 1. The number of aryl methyl sites for hydroxylation is 1. The van der Waals surface area contributed by atoms with E-state index in [9.17, 15) is 13.2 Å². The molecule has 144 valence electrons. The van der Waals surface area contributed by atoms with E-state index in [1.807, 2.05) is 0 Å². The summed E-state index contributed by atoms with van der Waals surface area (Å²) < 4.78 is 38.6. The van der Waals surface area contributed by atoms with Crippen LogP contribution < -0.4 is 5.32 Å². The largest absolute Gasteiger partial charge is 0.423 e. The Balaban J connectivity index is 1.64. The zero-order valence-corrected chi connectivity index (χ0v) is 16.0. The first kappa shape index (κ1) is 18.1. The molecule has 1 aromatic carbocycles. The minimum Gasteiger partial charge on any atom is -0.423 e. The molecule has 1 N–H and O–H groups in total. The van der Waals surface area contributed by atoms with Crippen LogP contribution in [0.1, 0.15) is 37.3 Å². The molecule has 9 nitrogen and oxygen atoms in total. The molecule has 1 amide bonds. The molecule has 0 saturated carbocycles. The van der Waals surface area contributed by atoms with Gasteiger partial charge in [-0.25, -0.2) is 8.42 Å². The number of aromatic nitrogens is 2. The van der Waals surface area contributed by atoms with Gasteiger partial charge in [-0.2, -0.15) is 4.31 Å². The van der Waals surface area contributed by atoms with E-state index in [4.69, 9.17) is 9.15 Å². The molecule has 0 spiro atoms. The van der Waals surface area contributed by atoms with E-state index in [-0.39, 0.29) is 36.4 Å². The number of ether oxygens (including phenoxy) is 1. The summed E-state index contributed by atoms with van der Waals surface area (Å²) >= 11 is 0. The van der Waals surface area contributed by atoms with Gasteiger partial charge < -0.3 is 14.5 Å². The molecule has 3 heterocycles. The van der Waals surface area contributed by atoms with Crippen LogP contribution in [0.15, 0.2) is 27.5 Å². The molecule has 27 heavy (non-hydrogen) atoms. The fourth-order valence-electron chi connectivity index (χ4n) is 3.30. The van der Waals surface area contributed by atoms with E-state index in [1.54, 1.807) is 32.9 Å². The number of hydrogen-bond acceptors (Lipinski definition) is 7. The average molecular weight is 392 g/mol. The highest BCUT2D eigenvalue weighted by Crippen LogP contribution is 2.39. The number of nitrogens with one attached hydrogen (secondary N) is 1. The van der Waals surface area contributed by atoms with Gasteiger partial charge in [0.25, 0.3) is 0 Å². The average Bonchev–Trinajstić information content (AvgIpc) is 3.16. The van der Waals surface area contributed by atoms with Crippen molar-refractivity contribution in [1.82, 2.24) is 14.5 Å². The van der Waals surface area contributed by atoms with Crippen molar-refractivity contribution in [2.24, 2.45) is 0 Å². The van der Waals surface area contributed by atoms with Crippen molar-refractivity contribution in [3.8, 4) is 0 Å². The molecule has 2 aliphatic heterocycles. The van der Waals surface area contributed by atoms with E-state index in [1.165, 1.54) is 10.4 Å². The molecule has 0 radical (unpaired) electrons. The molecule has 4 rings (SSSR count). The van der Waals surface area contributed by atoms with Crippen LogP contribution in [0, 0.1) is 6.92 Å². The third-order valence-electron chi connectivity index (χ3n) is 4.96. The molecule has 2 aliphatic rings. The number of anilines is 1. The Morgan fingerprint density at radius 2 is 2.07 bits per heavy atom. The van der Waals surface area contributed by atoms with Crippen LogP contribution in [-0.4, -0.2) is 48.5 Å². The number of amides is 1. The maximum atomic E-state index is 13.2. The van der Waals surface area contributed by atoms with Gasteiger partial charge >= 0.3 is 0 Å². The van der Waals surface area contributed by atoms with E-state index in [2.05, 4.69) is 15.5 Å². The molecule has 10 heteroatoms. The van der Waals surface area contributed by atoms with Gasteiger partial charge in [0.2, 0.25) is 27.7 Å². The van der Waals surface area contributed by atoms with Gasteiger partial charge in [-0.05, 0) is 37.6 Å². The smallest absolute Gasteiger partial charge is 0.246 e. The normalized spacial score (nSPS) is 22.5. The third kappa shape index (κ3) is 2.93. The Hall–Kier alpha value is -2.30. The van der Waals surface area contributed by atoms with Crippen LogP contribution in [0.5, 0.6) is 0 Å². The third-order valence-corrected chi connectivity index (χ3v) is 6.83. The zero-order chi connectivity index (χ0) is 19.4. The fraction of sp³-hybridized carbons (Fsp3) is 0.471. The van der Waals surface area contributed by atoms with E-state index in [0.29, 0.717) is 17.1 Å². The number of sulfonamides is 1. The first-order chi connectivity index (χ1) is 12.7. The van der Waals surface area contributed by atoms with Crippen molar-refractivity contribution in [2.75, 3.05) is 25.0 Å². The fourth-order valence-corrected chi connectivity index (χ4v) is 4.75. The predicted octanol–water partition coefficient (Wildman–Crippen LogP) is 1.37. The minimum atomic E-state index is -3.76. The van der Waals surface area contributed by atoms with Gasteiger partial charge in [0.1, 0.15) is 6.10 Å². The van der Waals surface area contributed by atoms with Crippen molar-refractivity contribution in [2.45, 2.75) is 37.2 Å². The molecular weight excluding hydrogens is 372 g/mol. The van der Waals surface area contributed by atoms with Crippen LogP contribution >= 0.6 is 0 Å². The van der Waals surface area contributed by atoms with Gasteiger partial charge in [0, 0.05) is 25.7 Å². The number of rotatable bonds is 3. The number of carbonyl (C=O) groups excluding carboxylic acids is 1. The Labute approximate surface area is 156 Å². The van der Waals surface area contributed by atoms with Crippen LogP contribution in [0.3, 0.4) is 0 Å². The van der Waals surface area contributed by atoms with Crippen molar-refractivity contribution < 1.29 is 22.4 Å². The molecular formula is C17H20N4O5S. The van der Waals surface area contributed by atoms with Crippen LogP contribution in [-0.2, 0) is 25.0 Å². The number of benzene rings is 1. The predicted molar refractivity (Wildman–Crippen MR) is 94.6 cm³/mol. The van der Waals surface area contributed by atoms with Gasteiger partial charge in [-0.3, -0.25) is 4.79 Å². The summed E-state index contributed by atoms with van der Waals surface area (Å²) in [6.07, 6.45) is -0.608. The highest BCUT2D eigenvalue weighted by atomic mass is 32.2. The summed E-state index contributed by atoms with van der Waals surface area (Å²) in [6, 6.07) is 4.72. The maximum Gasteiger partial charge on any atom is 0.246 e. The Morgan fingerprint density at radius 1 is 1.30 bits per heavy atom. The maximum absolute atomic E-state index is 13.2. The molecule has 2 aromatic rings. The van der Waals surface area contributed by atoms with E-state index >= 15 is 0 Å². The lowest BCUT2D eigenvalue weighted by atomic mass is 9.86. The summed E-state index contributed by atoms with van der Waals surface area (Å²) in [5.41, 5.74) is 0.534. The van der Waals surface area contributed by atoms with Crippen LogP contribution in [0.4, 0.5) is 5.69 Å². The van der Waals surface area contributed by atoms with Crippen molar-refractivity contribution in [3.05, 3.63) is 35.5 Å². The molecule has 1 fully saturated rings. The molecule has 0 bridgehead atoms. The first-order valence-electron chi connectivity index (χ1n) is 8.57. The lowest BCUT2D eigenvalue weighted by Gasteiger charge is -2.30. The van der Waals surface area contributed by atoms with E-state index < -0.39 is 21.5 Å². The summed E-state index contributed by atoms with van der Waals surface area (Å²) in [5, 5.41) is 10.5. The van der Waals surface area contributed by atoms with Crippen molar-refractivity contribution >= 4 is 21.6 Å². The zero-order valence-electron chi connectivity index (χ0n) is 15.2. The van der Waals surface area contributed by atoms with E-state index in [0.717, 1.165) is 0 Å². The summed E-state index contributed by atoms with van der Waals surface area (Å²) in [5.74, 6) is 0.508.